The zero-order valence-corrected chi connectivity index (χ0v) is 11.0. The number of likely N-dealkylation sites (tertiary alicyclic amines) is 1. The lowest BCUT2D eigenvalue weighted by atomic mass is 9.78. The molecule has 0 saturated carbocycles. The second-order valence-electron chi connectivity index (χ2n) is 5.63. The van der Waals surface area contributed by atoms with Crippen molar-refractivity contribution >= 4 is 5.69 Å². The Bertz CT molecular complexity index is 462. The van der Waals surface area contributed by atoms with Crippen molar-refractivity contribution in [2.24, 2.45) is 11.7 Å². The molecule has 3 unspecified atom stereocenters. The van der Waals surface area contributed by atoms with Gasteiger partial charge in [-0.25, -0.2) is 0 Å². The van der Waals surface area contributed by atoms with Crippen LogP contribution in [0.2, 0.25) is 0 Å². The standard InChI is InChI=1S/C14H21N3O/c1-16-7-6-11-10(8-16)13(15)9-4-3-5-12(18)14(9)17(11)2/h3-5,10-11,13,18H,6-8,15H2,1-2H3. The van der Waals surface area contributed by atoms with Crippen LogP contribution in [0.15, 0.2) is 18.2 Å². The number of phenolic OH excluding ortho intramolecular Hbond substituents is 1. The molecule has 3 N–H and O–H groups in total. The Morgan fingerprint density at radius 3 is 2.89 bits per heavy atom. The van der Waals surface area contributed by atoms with Gasteiger partial charge < -0.3 is 20.6 Å². The van der Waals surface area contributed by atoms with Crippen LogP contribution in [0.5, 0.6) is 5.75 Å². The summed E-state index contributed by atoms with van der Waals surface area (Å²) in [4.78, 5) is 4.58. The lowest BCUT2D eigenvalue weighted by Gasteiger charge is -2.49. The minimum Gasteiger partial charge on any atom is -0.506 e. The third-order valence-electron chi connectivity index (χ3n) is 4.54. The van der Waals surface area contributed by atoms with Crippen molar-refractivity contribution in [3.8, 4) is 5.75 Å². The van der Waals surface area contributed by atoms with Crippen molar-refractivity contribution in [2.45, 2.75) is 18.5 Å². The summed E-state index contributed by atoms with van der Waals surface area (Å²) in [7, 11) is 4.23. The van der Waals surface area contributed by atoms with E-state index in [9.17, 15) is 5.11 Å². The normalized spacial score (nSPS) is 31.9. The van der Waals surface area contributed by atoms with E-state index in [1.807, 2.05) is 12.1 Å². The lowest BCUT2D eigenvalue weighted by molar-refractivity contribution is 0.154. The monoisotopic (exact) mass is 247 g/mol. The fourth-order valence-corrected chi connectivity index (χ4v) is 3.57. The quantitative estimate of drug-likeness (QED) is 0.722. The van der Waals surface area contributed by atoms with Crippen LogP contribution in [-0.2, 0) is 0 Å². The van der Waals surface area contributed by atoms with E-state index in [-0.39, 0.29) is 6.04 Å². The number of nitrogens with zero attached hydrogens (tertiary/aromatic N) is 2. The van der Waals surface area contributed by atoms with Gasteiger partial charge in [0.15, 0.2) is 0 Å². The van der Waals surface area contributed by atoms with Crippen molar-refractivity contribution in [1.82, 2.24) is 4.90 Å². The van der Waals surface area contributed by atoms with E-state index in [1.54, 1.807) is 6.07 Å². The Hall–Kier alpha value is -1.26. The number of para-hydroxylation sites is 1. The molecule has 3 atom stereocenters. The second-order valence-corrected chi connectivity index (χ2v) is 5.63. The molecular weight excluding hydrogens is 226 g/mol. The molecule has 2 aliphatic rings. The molecule has 1 aromatic carbocycles. The zero-order chi connectivity index (χ0) is 12.9. The highest BCUT2D eigenvalue weighted by Crippen LogP contribution is 2.45. The number of benzene rings is 1. The maximum absolute atomic E-state index is 10.1. The smallest absolute Gasteiger partial charge is 0.139 e. The molecule has 3 rings (SSSR count). The highest BCUT2D eigenvalue weighted by Gasteiger charge is 2.41. The number of hydrogen-bond acceptors (Lipinski definition) is 4. The van der Waals surface area contributed by atoms with E-state index >= 15 is 0 Å². The molecule has 0 bridgehead atoms. The van der Waals surface area contributed by atoms with Gasteiger partial charge in [-0.05, 0) is 31.6 Å². The molecule has 98 valence electrons. The van der Waals surface area contributed by atoms with Gasteiger partial charge in [-0.2, -0.15) is 0 Å². The topological polar surface area (TPSA) is 52.7 Å². The third-order valence-corrected chi connectivity index (χ3v) is 4.54. The first-order chi connectivity index (χ1) is 8.59. The second kappa shape index (κ2) is 4.14. The first-order valence-electron chi connectivity index (χ1n) is 6.58. The molecule has 0 spiro atoms. The van der Waals surface area contributed by atoms with E-state index in [0.29, 0.717) is 17.7 Å². The molecule has 1 aromatic rings. The number of phenols is 1. The Morgan fingerprint density at radius 2 is 2.11 bits per heavy atom. The van der Waals surface area contributed by atoms with E-state index in [4.69, 9.17) is 5.73 Å². The number of anilines is 1. The molecular formula is C14H21N3O. The van der Waals surface area contributed by atoms with Gasteiger partial charge in [-0.1, -0.05) is 12.1 Å². The minimum absolute atomic E-state index is 0.0241. The summed E-state index contributed by atoms with van der Waals surface area (Å²) in [5, 5.41) is 10.1. The fraction of sp³-hybridized carbons (Fsp3) is 0.571. The maximum Gasteiger partial charge on any atom is 0.139 e. The maximum atomic E-state index is 10.1. The molecule has 4 heteroatoms. The Morgan fingerprint density at radius 1 is 1.33 bits per heavy atom. The van der Waals surface area contributed by atoms with Crippen molar-refractivity contribution in [1.29, 1.82) is 0 Å². The van der Waals surface area contributed by atoms with Crippen molar-refractivity contribution in [2.75, 3.05) is 32.1 Å². The van der Waals surface area contributed by atoms with Gasteiger partial charge in [0.1, 0.15) is 5.75 Å². The predicted molar refractivity (Wildman–Crippen MR) is 72.8 cm³/mol. The highest BCUT2D eigenvalue weighted by molar-refractivity contribution is 5.66. The van der Waals surface area contributed by atoms with Crippen LogP contribution in [0.1, 0.15) is 18.0 Å². The number of rotatable bonds is 0. The van der Waals surface area contributed by atoms with Crippen LogP contribution in [0.3, 0.4) is 0 Å². The summed E-state index contributed by atoms with van der Waals surface area (Å²) >= 11 is 0. The number of hydrogen-bond donors (Lipinski definition) is 2. The molecule has 0 aromatic heterocycles. The van der Waals surface area contributed by atoms with E-state index in [0.717, 1.165) is 30.8 Å². The van der Waals surface area contributed by atoms with Gasteiger partial charge in [-0.3, -0.25) is 0 Å². The van der Waals surface area contributed by atoms with Crippen molar-refractivity contribution in [3.63, 3.8) is 0 Å². The summed E-state index contributed by atoms with van der Waals surface area (Å²) in [6.45, 7) is 2.13. The van der Waals surface area contributed by atoms with Gasteiger partial charge >= 0.3 is 0 Å². The summed E-state index contributed by atoms with van der Waals surface area (Å²) in [5.74, 6) is 0.797. The number of aromatic hydroxyl groups is 1. The van der Waals surface area contributed by atoms with Crippen LogP contribution in [0.25, 0.3) is 0 Å². The van der Waals surface area contributed by atoms with Crippen LogP contribution < -0.4 is 10.6 Å². The van der Waals surface area contributed by atoms with E-state index in [2.05, 4.69) is 23.9 Å². The number of nitrogens with two attached hydrogens (primary N) is 1. The van der Waals surface area contributed by atoms with Gasteiger partial charge in [0.25, 0.3) is 0 Å². The minimum atomic E-state index is 0.0241. The van der Waals surface area contributed by atoms with Crippen molar-refractivity contribution in [3.05, 3.63) is 23.8 Å². The van der Waals surface area contributed by atoms with Crippen LogP contribution >= 0.6 is 0 Å². The van der Waals surface area contributed by atoms with Gasteiger partial charge in [-0.15, -0.1) is 0 Å². The van der Waals surface area contributed by atoms with Gasteiger partial charge in [0.2, 0.25) is 0 Å². The lowest BCUT2D eigenvalue weighted by Crippen LogP contribution is -2.55. The molecule has 2 heterocycles. The predicted octanol–water partition coefficient (Wildman–Crippen LogP) is 1.16. The fourth-order valence-electron chi connectivity index (χ4n) is 3.57. The highest BCUT2D eigenvalue weighted by atomic mass is 16.3. The molecule has 4 nitrogen and oxygen atoms in total. The van der Waals surface area contributed by atoms with Crippen LogP contribution in [0.4, 0.5) is 5.69 Å². The average molecular weight is 247 g/mol. The Labute approximate surface area is 108 Å². The largest absolute Gasteiger partial charge is 0.506 e. The Kier molecular flexibility index (Phi) is 2.72. The summed E-state index contributed by atoms with van der Waals surface area (Å²) in [5.41, 5.74) is 8.43. The van der Waals surface area contributed by atoms with Gasteiger partial charge in [0.05, 0.1) is 5.69 Å². The van der Waals surface area contributed by atoms with E-state index < -0.39 is 0 Å². The van der Waals surface area contributed by atoms with Crippen LogP contribution in [-0.4, -0.2) is 43.2 Å². The summed E-state index contributed by atoms with van der Waals surface area (Å²) in [6, 6.07) is 6.14. The SMILES string of the molecule is CN1CCC2C(C1)C(N)c1cccc(O)c1N2C. The third kappa shape index (κ3) is 1.60. The summed E-state index contributed by atoms with van der Waals surface area (Å²) < 4.78 is 0. The number of fused-ring (bicyclic) bond motifs is 2. The molecule has 0 radical (unpaired) electrons. The van der Waals surface area contributed by atoms with Gasteiger partial charge in [0, 0.05) is 31.6 Å². The van der Waals surface area contributed by atoms with Crippen LogP contribution in [0, 0.1) is 5.92 Å². The Balaban J connectivity index is 2.06. The van der Waals surface area contributed by atoms with E-state index in [1.165, 1.54) is 0 Å². The summed E-state index contributed by atoms with van der Waals surface area (Å²) in [6.07, 6.45) is 1.11. The molecule has 0 amide bonds. The first kappa shape index (κ1) is 11.8. The van der Waals surface area contributed by atoms with Crippen molar-refractivity contribution < 1.29 is 5.11 Å². The average Bonchev–Trinajstić information content (AvgIpc) is 2.35. The number of piperidine rings is 1. The molecule has 18 heavy (non-hydrogen) atoms. The first-order valence-corrected chi connectivity index (χ1v) is 6.58. The molecule has 0 aliphatic carbocycles. The molecule has 2 aliphatic heterocycles. The zero-order valence-electron chi connectivity index (χ0n) is 11.0. The molecule has 1 fully saturated rings. The molecule has 1 saturated heterocycles.